The lowest BCUT2D eigenvalue weighted by atomic mass is 10.1. The maximum Gasteiger partial charge on any atom is 0.251 e. The zero-order valence-electron chi connectivity index (χ0n) is 13.2. The Morgan fingerprint density at radius 2 is 1.86 bits per heavy atom. The number of hydrogen-bond donors (Lipinski definition) is 1. The van der Waals surface area contributed by atoms with Gasteiger partial charge in [-0.15, -0.1) is 0 Å². The topological polar surface area (TPSA) is 68.2 Å². The van der Waals surface area contributed by atoms with Gasteiger partial charge in [-0.1, -0.05) is 0 Å². The van der Waals surface area contributed by atoms with Gasteiger partial charge in [0.2, 0.25) is 10.0 Å². The Morgan fingerprint density at radius 1 is 1.18 bits per heavy atom. The zero-order valence-corrected chi connectivity index (χ0v) is 14.0. The Balaban J connectivity index is 2.27. The highest BCUT2D eigenvalue weighted by Crippen LogP contribution is 2.29. The van der Waals surface area contributed by atoms with E-state index in [1.54, 1.807) is 22.8 Å². The lowest BCUT2D eigenvalue weighted by Gasteiger charge is -2.21. The molecule has 6 heteroatoms. The van der Waals surface area contributed by atoms with Crippen molar-refractivity contribution < 1.29 is 8.42 Å². The van der Waals surface area contributed by atoms with Gasteiger partial charge in [-0.05, 0) is 57.4 Å². The van der Waals surface area contributed by atoms with E-state index >= 15 is 0 Å². The maximum atomic E-state index is 12.6. The van der Waals surface area contributed by atoms with Crippen LogP contribution in [0.4, 0.5) is 0 Å². The molecule has 0 fully saturated rings. The molecule has 0 spiro atoms. The zero-order chi connectivity index (χ0) is 16.3. The first-order valence-electron chi connectivity index (χ1n) is 7.29. The third-order valence-electron chi connectivity index (χ3n) is 3.82. The van der Waals surface area contributed by atoms with Gasteiger partial charge in [-0.2, -0.15) is 0 Å². The largest absolute Gasteiger partial charge is 0.308 e. The maximum absolute atomic E-state index is 12.6. The Labute approximate surface area is 130 Å². The van der Waals surface area contributed by atoms with E-state index in [0.29, 0.717) is 13.0 Å². The molecule has 3 rings (SSSR count). The predicted octanol–water partition coefficient (Wildman–Crippen LogP) is 1.94. The molecule has 0 saturated heterocycles. The standard InChI is InChI=1S/C16H20N2O3S/c1-10-7-14(19)18-6-5-11-8-12(9-13(10)15(11)18)22(20,21)17-16(2,3)4/h7-9,17H,5-6H2,1-4H3. The molecule has 1 aliphatic heterocycles. The second-order valence-corrected chi connectivity index (χ2v) is 8.58. The van der Waals surface area contributed by atoms with Crippen molar-refractivity contribution in [2.75, 3.05) is 0 Å². The van der Waals surface area contributed by atoms with Crippen molar-refractivity contribution in [1.29, 1.82) is 0 Å². The van der Waals surface area contributed by atoms with Gasteiger partial charge < -0.3 is 4.57 Å². The van der Waals surface area contributed by atoms with Crippen LogP contribution in [0.2, 0.25) is 0 Å². The summed E-state index contributed by atoms with van der Waals surface area (Å²) in [6, 6.07) is 4.94. The Kier molecular flexibility index (Phi) is 3.23. The lowest BCUT2D eigenvalue weighted by molar-refractivity contribution is 0.491. The Hall–Kier alpha value is -1.66. The smallest absolute Gasteiger partial charge is 0.251 e. The number of benzene rings is 1. The number of hydrogen-bond acceptors (Lipinski definition) is 3. The second-order valence-electron chi connectivity index (χ2n) is 6.90. The number of sulfonamides is 1. The SMILES string of the molecule is Cc1cc(=O)n2c3c(cc(S(=O)(=O)NC(C)(C)C)cc13)CC2. The normalized spacial score (nSPS) is 14.7. The molecule has 0 unspecified atom stereocenters. The van der Waals surface area contributed by atoms with E-state index in [0.717, 1.165) is 22.0 Å². The molecule has 5 nitrogen and oxygen atoms in total. The number of aryl methyl sites for hydroxylation is 3. The molecule has 2 heterocycles. The highest BCUT2D eigenvalue weighted by atomic mass is 32.2. The highest BCUT2D eigenvalue weighted by Gasteiger charge is 2.25. The van der Waals surface area contributed by atoms with Gasteiger partial charge in [-0.25, -0.2) is 13.1 Å². The molecule has 1 aromatic carbocycles. The van der Waals surface area contributed by atoms with Crippen LogP contribution in [0.1, 0.15) is 31.9 Å². The molecule has 0 amide bonds. The van der Waals surface area contributed by atoms with Crippen molar-refractivity contribution in [2.45, 2.75) is 51.1 Å². The molecule has 118 valence electrons. The van der Waals surface area contributed by atoms with E-state index < -0.39 is 15.6 Å². The van der Waals surface area contributed by atoms with Crippen LogP contribution < -0.4 is 10.3 Å². The summed E-state index contributed by atoms with van der Waals surface area (Å²) in [5, 5.41) is 0.837. The van der Waals surface area contributed by atoms with E-state index in [1.165, 1.54) is 0 Å². The molecule has 0 aliphatic carbocycles. The van der Waals surface area contributed by atoms with E-state index in [4.69, 9.17) is 0 Å². The van der Waals surface area contributed by atoms with Crippen LogP contribution in [-0.2, 0) is 23.0 Å². The Morgan fingerprint density at radius 3 is 2.50 bits per heavy atom. The molecule has 0 bridgehead atoms. The molecule has 2 aromatic rings. The first-order valence-corrected chi connectivity index (χ1v) is 8.78. The average molecular weight is 320 g/mol. The van der Waals surface area contributed by atoms with Crippen molar-refractivity contribution >= 4 is 20.9 Å². The fourth-order valence-electron chi connectivity index (χ4n) is 3.00. The van der Waals surface area contributed by atoms with Gasteiger partial charge >= 0.3 is 0 Å². The minimum absolute atomic E-state index is 0.0211. The van der Waals surface area contributed by atoms with Crippen LogP contribution >= 0.6 is 0 Å². The van der Waals surface area contributed by atoms with Gasteiger partial charge in [0.1, 0.15) is 0 Å². The van der Waals surface area contributed by atoms with E-state index in [2.05, 4.69) is 4.72 Å². The summed E-state index contributed by atoms with van der Waals surface area (Å²) in [6.45, 7) is 7.90. The molecule has 1 aromatic heterocycles. The third-order valence-corrected chi connectivity index (χ3v) is 5.56. The quantitative estimate of drug-likeness (QED) is 0.919. The van der Waals surface area contributed by atoms with E-state index in [-0.39, 0.29) is 10.5 Å². The lowest BCUT2D eigenvalue weighted by Crippen LogP contribution is -2.40. The van der Waals surface area contributed by atoms with Gasteiger partial charge in [0.05, 0.1) is 10.4 Å². The fraction of sp³-hybridized carbons (Fsp3) is 0.438. The summed E-state index contributed by atoms with van der Waals surface area (Å²) < 4.78 is 29.6. The van der Waals surface area contributed by atoms with Gasteiger partial charge in [0, 0.05) is 23.5 Å². The predicted molar refractivity (Wildman–Crippen MR) is 86.7 cm³/mol. The monoisotopic (exact) mass is 320 g/mol. The summed E-state index contributed by atoms with van der Waals surface area (Å²) in [5.74, 6) is 0. The van der Waals surface area contributed by atoms with Crippen molar-refractivity contribution in [3.05, 3.63) is 39.7 Å². The van der Waals surface area contributed by atoms with Crippen LogP contribution in [0.15, 0.2) is 27.9 Å². The molecule has 0 atom stereocenters. The molecule has 1 N–H and O–H groups in total. The highest BCUT2D eigenvalue weighted by molar-refractivity contribution is 7.89. The summed E-state index contributed by atoms with van der Waals surface area (Å²) >= 11 is 0. The van der Waals surface area contributed by atoms with Crippen LogP contribution in [0.25, 0.3) is 10.9 Å². The fourth-order valence-corrected chi connectivity index (χ4v) is 4.49. The van der Waals surface area contributed by atoms with Crippen LogP contribution in [0.3, 0.4) is 0 Å². The molecular formula is C16H20N2O3S. The number of pyridine rings is 1. The van der Waals surface area contributed by atoms with Crippen molar-refractivity contribution in [3.63, 3.8) is 0 Å². The van der Waals surface area contributed by atoms with Crippen LogP contribution in [-0.4, -0.2) is 18.5 Å². The summed E-state index contributed by atoms with van der Waals surface area (Å²) in [4.78, 5) is 12.3. The summed E-state index contributed by atoms with van der Waals surface area (Å²) in [7, 11) is -3.58. The molecular weight excluding hydrogens is 300 g/mol. The number of nitrogens with one attached hydrogen (secondary N) is 1. The van der Waals surface area contributed by atoms with Crippen LogP contribution in [0, 0.1) is 6.92 Å². The van der Waals surface area contributed by atoms with Crippen molar-refractivity contribution in [2.24, 2.45) is 0 Å². The number of nitrogens with zero attached hydrogens (tertiary/aromatic N) is 1. The summed E-state index contributed by atoms with van der Waals surface area (Å²) in [5.41, 5.74) is 2.05. The van der Waals surface area contributed by atoms with Gasteiger partial charge in [0.25, 0.3) is 5.56 Å². The van der Waals surface area contributed by atoms with Crippen molar-refractivity contribution in [3.8, 4) is 0 Å². The minimum atomic E-state index is -3.58. The first-order chi connectivity index (χ1) is 10.1. The summed E-state index contributed by atoms with van der Waals surface area (Å²) in [6.07, 6.45) is 0.689. The van der Waals surface area contributed by atoms with Crippen molar-refractivity contribution in [1.82, 2.24) is 9.29 Å². The molecule has 0 saturated carbocycles. The second kappa shape index (κ2) is 4.67. The first kappa shape index (κ1) is 15.2. The van der Waals surface area contributed by atoms with E-state index in [9.17, 15) is 13.2 Å². The van der Waals surface area contributed by atoms with Gasteiger partial charge in [-0.3, -0.25) is 4.79 Å². The molecule has 22 heavy (non-hydrogen) atoms. The average Bonchev–Trinajstić information content (AvgIpc) is 2.77. The Bertz CT molecular complexity index is 934. The molecule has 1 aliphatic rings. The van der Waals surface area contributed by atoms with E-state index in [1.807, 2.05) is 27.7 Å². The number of aromatic nitrogens is 1. The van der Waals surface area contributed by atoms with Crippen LogP contribution in [0.5, 0.6) is 0 Å². The third kappa shape index (κ3) is 2.46. The van der Waals surface area contributed by atoms with Gasteiger partial charge in [0.15, 0.2) is 0 Å². The minimum Gasteiger partial charge on any atom is -0.308 e. The number of rotatable bonds is 2. The molecule has 0 radical (unpaired) electrons.